The van der Waals surface area contributed by atoms with E-state index in [0.717, 1.165) is 5.70 Å². The van der Waals surface area contributed by atoms with Crippen molar-refractivity contribution in [1.29, 1.82) is 5.26 Å². The Morgan fingerprint density at radius 3 is 2.67 bits per heavy atom. The van der Waals surface area contributed by atoms with Gasteiger partial charge in [-0.1, -0.05) is 19.9 Å². The molecule has 3 nitrogen and oxygen atoms in total. The van der Waals surface area contributed by atoms with Crippen molar-refractivity contribution in [2.24, 2.45) is 0 Å². The molecule has 0 saturated carbocycles. The number of nitrogens with one attached hydrogen (secondary N) is 1. The summed E-state index contributed by atoms with van der Waals surface area (Å²) in [5, 5.41) is 11.3. The smallest absolute Gasteiger partial charge is 0.221 e. The van der Waals surface area contributed by atoms with E-state index in [0.29, 0.717) is 12.0 Å². The summed E-state index contributed by atoms with van der Waals surface area (Å²) in [6, 6.07) is 2.03. The first-order valence-electron chi connectivity index (χ1n) is 4.97. The molecule has 0 bridgehead atoms. The zero-order chi connectivity index (χ0) is 11.7. The molecule has 1 rings (SSSR count). The summed E-state index contributed by atoms with van der Waals surface area (Å²) in [6.45, 7) is 5.46. The fraction of sp³-hybridized carbons (Fsp3) is 0.333. The van der Waals surface area contributed by atoms with E-state index >= 15 is 0 Å². The molecule has 80 valence electrons. The molecule has 0 aromatic rings. The van der Waals surface area contributed by atoms with E-state index in [1.165, 1.54) is 6.92 Å². The van der Waals surface area contributed by atoms with Crippen LogP contribution < -0.4 is 5.32 Å². The van der Waals surface area contributed by atoms with E-state index in [4.69, 9.17) is 5.26 Å². The summed E-state index contributed by atoms with van der Waals surface area (Å²) in [7, 11) is 0. The summed E-state index contributed by atoms with van der Waals surface area (Å²) in [4.78, 5) is 10.7. The molecule has 0 aromatic heterocycles. The van der Waals surface area contributed by atoms with Crippen molar-refractivity contribution in [3.8, 4) is 6.07 Å². The van der Waals surface area contributed by atoms with Crippen molar-refractivity contribution in [3.05, 3.63) is 35.6 Å². The maximum Gasteiger partial charge on any atom is 0.221 e. The molecule has 0 spiro atoms. The molecule has 0 heterocycles. The molecule has 0 atom stereocenters. The first-order valence-corrected chi connectivity index (χ1v) is 4.97. The van der Waals surface area contributed by atoms with Gasteiger partial charge in [0.25, 0.3) is 0 Å². The van der Waals surface area contributed by atoms with Gasteiger partial charge in [0.05, 0.1) is 11.6 Å². The van der Waals surface area contributed by atoms with Crippen LogP contribution in [0.15, 0.2) is 35.6 Å². The van der Waals surface area contributed by atoms with Crippen LogP contribution in [0.25, 0.3) is 0 Å². The van der Waals surface area contributed by atoms with E-state index in [1.54, 1.807) is 18.2 Å². The van der Waals surface area contributed by atoms with E-state index in [1.807, 2.05) is 26.0 Å². The summed E-state index contributed by atoms with van der Waals surface area (Å²) in [5.41, 5.74) is 1.41. The van der Waals surface area contributed by atoms with E-state index in [-0.39, 0.29) is 5.91 Å². The minimum absolute atomic E-state index is 0.0894. The number of hydrogen-bond acceptors (Lipinski definition) is 2. The molecule has 15 heavy (non-hydrogen) atoms. The lowest BCUT2D eigenvalue weighted by atomic mass is 10.2. The molecule has 3 heteroatoms. The van der Waals surface area contributed by atoms with Gasteiger partial charge in [0.2, 0.25) is 5.91 Å². The number of carbonyl (C=O) groups is 1. The Hall–Kier alpha value is -1.82. The van der Waals surface area contributed by atoms with Crippen LogP contribution in [-0.2, 0) is 4.79 Å². The largest absolute Gasteiger partial charge is 0.330 e. The van der Waals surface area contributed by atoms with Gasteiger partial charge >= 0.3 is 0 Å². The minimum Gasteiger partial charge on any atom is -0.330 e. The quantitative estimate of drug-likeness (QED) is 0.713. The van der Waals surface area contributed by atoms with Crippen LogP contribution in [0.5, 0.6) is 0 Å². The highest BCUT2D eigenvalue weighted by molar-refractivity contribution is 5.75. The van der Waals surface area contributed by atoms with Crippen LogP contribution in [0.2, 0.25) is 0 Å². The molecule has 1 aliphatic rings. The van der Waals surface area contributed by atoms with Crippen LogP contribution in [0, 0.1) is 11.3 Å². The van der Waals surface area contributed by atoms with Crippen LogP contribution in [0.3, 0.4) is 0 Å². The van der Waals surface area contributed by atoms with Crippen molar-refractivity contribution in [2.45, 2.75) is 27.2 Å². The van der Waals surface area contributed by atoms with Crippen molar-refractivity contribution in [1.82, 2.24) is 5.32 Å². The summed E-state index contributed by atoms with van der Waals surface area (Å²) in [6.07, 6.45) is 7.69. The molecule has 1 amide bonds. The Labute approximate surface area is 90.8 Å². The van der Waals surface area contributed by atoms with E-state index in [2.05, 4.69) is 5.32 Å². The van der Waals surface area contributed by atoms with Crippen molar-refractivity contribution in [2.75, 3.05) is 0 Å². The minimum atomic E-state index is -0.0894. The molecule has 0 unspecified atom stereocenters. The second-order valence-electron chi connectivity index (χ2n) is 2.71. The van der Waals surface area contributed by atoms with E-state index in [9.17, 15) is 4.79 Å². The molecule has 0 radical (unpaired) electrons. The normalized spacial score (nSPS) is 13.5. The Kier molecular flexibility index (Phi) is 6.65. The molecular formula is C12H16N2O. The van der Waals surface area contributed by atoms with Gasteiger partial charge in [-0.05, 0) is 18.2 Å². The number of rotatable bonds is 1. The Morgan fingerprint density at radius 2 is 2.13 bits per heavy atom. The average molecular weight is 204 g/mol. The van der Waals surface area contributed by atoms with Crippen LogP contribution in [0.1, 0.15) is 27.2 Å². The third-order valence-corrected chi connectivity index (χ3v) is 1.56. The number of amides is 1. The fourth-order valence-electron chi connectivity index (χ4n) is 1.02. The number of nitrogens with zero attached hydrogens (tertiary/aromatic N) is 1. The van der Waals surface area contributed by atoms with Crippen molar-refractivity contribution < 1.29 is 4.79 Å². The topological polar surface area (TPSA) is 52.9 Å². The second-order valence-corrected chi connectivity index (χ2v) is 2.71. The number of nitriles is 1. The molecule has 1 N–H and O–H groups in total. The lowest BCUT2D eigenvalue weighted by molar-refractivity contribution is -0.118. The third kappa shape index (κ3) is 5.48. The zero-order valence-electron chi connectivity index (χ0n) is 9.37. The van der Waals surface area contributed by atoms with Gasteiger partial charge in [-0.25, -0.2) is 0 Å². The Balaban J connectivity index is 0.000000921. The Bertz CT molecular complexity index is 343. The molecule has 0 saturated heterocycles. The van der Waals surface area contributed by atoms with Crippen molar-refractivity contribution in [3.63, 3.8) is 0 Å². The number of hydrogen-bond donors (Lipinski definition) is 1. The molecular weight excluding hydrogens is 188 g/mol. The molecule has 1 aliphatic carbocycles. The fourth-order valence-corrected chi connectivity index (χ4v) is 1.02. The average Bonchev–Trinajstić information content (AvgIpc) is 2.45. The first-order chi connectivity index (χ1) is 7.22. The highest BCUT2D eigenvalue weighted by atomic mass is 16.1. The lowest BCUT2D eigenvalue weighted by Gasteiger charge is -2.02. The summed E-state index contributed by atoms with van der Waals surface area (Å²) in [5.74, 6) is -0.0894. The number of allylic oxidation sites excluding steroid dienone is 5. The number of carbonyl (C=O) groups excluding carboxylic acids is 1. The highest BCUT2D eigenvalue weighted by Crippen LogP contribution is 2.08. The zero-order valence-corrected chi connectivity index (χ0v) is 9.37. The van der Waals surface area contributed by atoms with Gasteiger partial charge < -0.3 is 5.32 Å². The van der Waals surface area contributed by atoms with Gasteiger partial charge in [0.15, 0.2) is 0 Å². The SMILES string of the molecule is CC.CC(=O)NC1=CC=C(C#N)C=CC1. The molecule has 0 aliphatic heterocycles. The van der Waals surface area contributed by atoms with Gasteiger partial charge in [-0.2, -0.15) is 5.26 Å². The monoisotopic (exact) mass is 204 g/mol. The van der Waals surface area contributed by atoms with Crippen molar-refractivity contribution >= 4 is 5.91 Å². The maximum atomic E-state index is 10.7. The van der Waals surface area contributed by atoms with Gasteiger partial charge in [-0.15, -0.1) is 0 Å². The van der Waals surface area contributed by atoms with Crippen LogP contribution in [-0.4, -0.2) is 5.91 Å². The van der Waals surface area contributed by atoms with Gasteiger partial charge in [-0.3, -0.25) is 4.79 Å². The standard InChI is InChI=1S/C10H10N2O.C2H6/c1-8(13)12-10-4-2-3-9(7-11)5-6-10;1-2/h2-3,5-6H,4H2,1H3,(H,12,13);1-2H3. The summed E-state index contributed by atoms with van der Waals surface area (Å²) < 4.78 is 0. The van der Waals surface area contributed by atoms with Gasteiger partial charge in [0, 0.05) is 19.0 Å². The maximum absolute atomic E-state index is 10.7. The highest BCUT2D eigenvalue weighted by Gasteiger charge is 1.99. The van der Waals surface area contributed by atoms with Gasteiger partial charge in [0.1, 0.15) is 0 Å². The van der Waals surface area contributed by atoms with E-state index < -0.39 is 0 Å². The predicted octanol–water partition coefficient (Wildman–Crippen LogP) is 2.44. The summed E-state index contributed by atoms with van der Waals surface area (Å²) >= 11 is 0. The van der Waals surface area contributed by atoms with Crippen LogP contribution in [0.4, 0.5) is 0 Å². The molecule has 0 aromatic carbocycles. The second kappa shape index (κ2) is 7.57. The lowest BCUT2D eigenvalue weighted by Crippen LogP contribution is -2.18. The van der Waals surface area contributed by atoms with Crippen LogP contribution >= 0.6 is 0 Å². The third-order valence-electron chi connectivity index (χ3n) is 1.56. The molecule has 0 fully saturated rings. The predicted molar refractivity (Wildman–Crippen MR) is 60.7 cm³/mol. The first kappa shape index (κ1) is 13.2. The Morgan fingerprint density at radius 1 is 1.47 bits per heavy atom.